The molecule has 0 spiro atoms. The van der Waals surface area contributed by atoms with Crippen molar-refractivity contribution in [2.75, 3.05) is 19.8 Å². The highest BCUT2D eigenvalue weighted by molar-refractivity contribution is 5.76. The molecular formula is C83H157NO10. The number of aliphatic hydroxyl groups is 5. The van der Waals surface area contributed by atoms with Crippen molar-refractivity contribution in [1.82, 2.24) is 5.32 Å². The standard InChI is InChI=1S/C83H157NO10/c1-3-5-7-9-11-13-15-17-43-47-51-55-59-63-67-71-79(88)92-72-68-64-60-56-52-48-45-42-40-38-36-34-32-30-28-26-24-22-20-18-19-21-23-25-27-29-31-33-35-37-39-41-44-46-50-54-58-62-66-70-78(87)84-75(74-93-83-82(91)81(90)80(89)77(73-85)94-83)76(86)69-65-61-57-53-49-16-14-12-10-8-6-4-2/h18-19,22,24,65,69,75-77,80-83,85-86,89-91H,3-17,20-21,23,25-64,66-68,70-74H2,1-2H3,(H,84,87)/b19-18-,24-22-,69-65+. The summed E-state index contributed by atoms with van der Waals surface area (Å²) in [6, 6.07) is -0.807. The van der Waals surface area contributed by atoms with E-state index < -0.39 is 49.5 Å². The van der Waals surface area contributed by atoms with Crippen LogP contribution in [0.4, 0.5) is 0 Å². The van der Waals surface area contributed by atoms with Gasteiger partial charge in [0.05, 0.1) is 32.0 Å². The molecule has 554 valence electrons. The Hall–Kier alpha value is -2.12. The summed E-state index contributed by atoms with van der Waals surface area (Å²) in [6.45, 7) is 4.40. The predicted molar refractivity (Wildman–Crippen MR) is 398 cm³/mol. The lowest BCUT2D eigenvalue weighted by atomic mass is 9.99. The van der Waals surface area contributed by atoms with Crippen molar-refractivity contribution >= 4 is 11.9 Å². The van der Waals surface area contributed by atoms with E-state index in [1.807, 2.05) is 6.08 Å². The molecule has 1 heterocycles. The normalized spacial score (nSPS) is 17.5. The molecule has 94 heavy (non-hydrogen) atoms. The highest BCUT2D eigenvalue weighted by Crippen LogP contribution is 2.24. The first-order valence-corrected chi connectivity index (χ1v) is 41.3. The second kappa shape index (κ2) is 72.1. The second-order valence-corrected chi connectivity index (χ2v) is 28.8. The lowest BCUT2D eigenvalue weighted by molar-refractivity contribution is -0.302. The largest absolute Gasteiger partial charge is 0.466 e. The van der Waals surface area contributed by atoms with Gasteiger partial charge in [-0.2, -0.15) is 0 Å². The van der Waals surface area contributed by atoms with Crippen molar-refractivity contribution in [1.29, 1.82) is 0 Å². The molecule has 1 aliphatic rings. The Kier molecular flexibility index (Phi) is 69.0. The number of carbonyl (C=O) groups is 2. The molecule has 7 atom stereocenters. The molecule has 0 radical (unpaired) electrons. The van der Waals surface area contributed by atoms with Gasteiger partial charge in [0.2, 0.25) is 5.91 Å². The number of allylic oxidation sites excluding steroid dienone is 5. The molecule has 1 rings (SSSR count). The first-order valence-electron chi connectivity index (χ1n) is 41.3. The molecule has 0 aliphatic carbocycles. The fourth-order valence-electron chi connectivity index (χ4n) is 13.3. The van der Waals surface area contributed by atoms with Gasteiger partial charge in [0, 0.05) is 12.8 Å². The number of rotatable bonds is 74. The Morgan fingerprint density at radius 2 is 0.713 bits per heavy atom. The SMILES string of the molecule is CCCCCCCCCCCC/C=C/C(O)C(COC1OC(CO)C(O)C(O)C1O)NC(=O)CCCCCCCCCCCCCCCCCCC/C=C\C/C=C\CCCCCCCCCCCCCCCCCOC(=O)CCCCCCCCCCCCCCCCC. The Bertz CT molecular complexity index is 1660. The third-order valence-corrected chi connectivity index (χ3v) is 19.7. The van der Waals surface area contributed by atoms with E-state index in [4.69, 9.17) is 14.2 Å². The van der Waals surface area contributed by atoms with Gasteiger partial charge < -0.3 is 45.1 Å². The number of hydrogen-bond donors (Lipinski definition) is 6. The molecule has 1 aliphatic heterocycles. The summed E-state index contributed by atoms with van der Waals surface area (Å²) in [5.74, 6) is -0.158. The molecule has 1 saturated heterocycles. The van der Waals surface area contributed by atoms with Crippen molar-refractivity contribution in [3.05, 3.63) is 36.5 Å². The first-order chi connectivity index (χ1) is 46.2. The highest BCUT2D eigenvalue weighted by Gasteiger charge is 2.44. The van der Waals surface area contributed by atoms with Gasteiger partial charge >= 0.3 is 5.97 Å². The van der Waals surface area contributed by atoms with E-state index >= 15 is 0 Å². The number of esters is 1. The molecule has 7 unspecified atom stereocenters. The number of carbonyl (C=O) groups excluding carboxylic acids is 2. The smallest absolute Gasteiger partial charge is 0.305 e. The molecule has 0 aromatic heterocycles. The number of nitrogens with one attached hydrogen (secondary N) is 1. The van der Waals surface area contributed by atoms with Crippen LogP contribution < -0.4 is 5.32 Å². The van der Waals surface area contributed by atoms with Crippen LogP contribution in [0.25, 0.3) is 0 Å². The van der Waals surface area contributed by atoms with Crippen LogP contribution in [0.5, 0.6) is 0 Å². The quantitative estimate of drug-likeness (QED) is 0.0195. The number of amides is 1. The van der Waals surface area contributed by atoms with Gasteiger partial charge in [0.25, 0.3) is 0 Å². The van der Waals surface area contributed by atoms with Crippen molar-refractivity contribution in [2.24, 2.45) is 0 Å². The van der Waals surface area contributed by atoms with Crippen LogP contribution in [0.15, 0.2) is 36.5 Å². The topological polar surface area (TPSA) is 175 Å². The summed E-state index contributed by atoms with van der Waals surface area (Å²) in [7, 11) is 0. The molecule has 0 bridgehead atoms. The van der Waals surface area contributed by atoms with Gasteiger partial charge in [-0.15, -0.1) is 0 Å². The number of aliphatic hydroxyl groups excluding tert-OH is 5. The second-order valence-electron chi connectivity index (χ2n) is 28.8. The Morgan fingerprint density at radius 3 is 1.07 bits per heavy atom. The summed E-state index contributed by atoms with van der Waals surface area (Å²) in [4.78, 5) is 25.2. The van der Waals surface area contributed by atoms with E-state index in [2.05, 4.69) is 43.5 Å². The van der Waals surface area contributed by atoms with Gasteiger partial charge in [0.1, 0.15) is 24.4 Å². The maximum absolute atomic E-state index is 13.1. The average Bonchev–Trinajstić information content (AvgIpc) is 0.832. The zero-order chi connectivity index (χ0) is 67.9. The van der Waals surface area contributed by atoms with E-state index in [0.29, 0.717) is 19.4 Å². The van der Waals surface area contributed by atoms with Gasteiger partial charge in [-0.1, -0.05) is 378 Å². The molecule has 11 heteroatoms. The van der Waals surface area contributed by atoms with Crippen LogP contribution in [0, 0.1) is 0 Å². The minimum Gasteiger partial charge on any atom is -0.466 e. The molecule has 11 nitrogen and oxygen atoms in total. The van der Waals surface area contributed by atoms with E-state index in [-0.39, 0.29) is 18.5 Å². The van der Waals surface area contributed by atoms with Gasteiger partial charge in [-0.25, -0.2) is 0 Å². The van der Waals surface area contributed by atoms with E-state index in [9.17, 15) is 35.1 Å². The minimum atomic E-state index is -1.57. The van der Waals surface area contributed by atoms with E-state index in [1.165, 1.54) is 334 Å². The van der Waals surface area contributed by atoms with Crippen LogP contribution in [-0.4, -0.2) is 100 Å². The Balaban J connectivity index is 1.88. The van der Waals surface area contributed by atoms with Crippen molar-refractivity contribution in [3.63, 3.8) is 0 Å². The summed E-state index contributed by atoms with van der Waals surface area (Å²) in [6.07, 6.45) is 84.7. The molecule has 0 aromatic carbocycles. The zero-order valence-electron chi connectivity index (χ0n) is 62.0. The molecular weight excluding hydrogens is 1170 g/mol. The number of hydrogen-bond acceptors (Lipinski definition) is 10. The van der Waals surface area contributed by atoms with Gasteiger partial charge in [-0.3, -0.25) is 9.59 Å². The fourth-order valence-corrected chi connectivity index (χ4v) is 13.3. The summed E-state index contributed by atoms with van der Waals surface area (Å²) < 4.78 is 16.8. The Labute approximate surface area is 581 Å². The first kappa shape index (κ1) is 89.9. The van der Waals surface area contributed by atoms with Crippen LogP contribution in [0.2, 0.25) is 0 Å². The van der Waals surface area contributed by atoms with E-state index in [0.717, 1.165) is 57.8 Å². The van der Waals surface area contributed by atoms with Crippen molar-refractivity contribution < 1.29 is 49.3 Å². The third-order valence-electron chi connectivity index (χ3n) is 19.7. The Morgan fingerprint density at radius 1 is 0.394 bits per heavy atom. The van der Waals surface area contributed by atoms with Crippen LogP contribution >= 0.6 is 0 Å². The molecule has 1 amide bonds. The van der Waals surface area contributed by atoms with Crippen LogP contribution in [-0.2, 0) is 23.8 Å². The van der Waals surface area contributed by atoms with Crippen molar-refractivity contribution in [2.45, 2.75) is 461 Å². The maximum atomic E-state index is 13.1. The third kappa shape index (κ3) is 59.9. The highest BCUT2D eigenvalue weighted by atomic mass is 16.7. The van der Waals surface area contributed by atoms with Gasteiger partial charge in [0.15, 0.2) is 6.29 Å². The molecule has 1 fully saturated rings. The van der Waals surface area contributed by atoms with Crippen molar-refractivity contribution in [3.8, 4) is 0 Å². The summed E-state index contributed by atoms with van der Waals surface area (Å²) in [5.41, 5.74) is 0. The van der Waals surface area contributed by atoms with Crippen LogP contribution in [0.3, 0.4) is 0 Å². The number of ether oxygens (including phenoxy) is 3. The monoisotopic (exact) mass is 1330 g/mol. The average molecular weight is 1330 g/mol. The molecule has 0 saturated carbocycles. The minimum absolute atomic E-state index is 0.0183. The van der Waals surface area contributed by atoms with Gasteiger partial charge in [-0.05, 0) is 64.2 Å². The maximum Gasteiger partial charge on any atom is 0.305 e. The summed E-state index contributed by atoms with van der Waals surface area (Å²) in [5, 5.41) is 54.5. The fraction of sp³-hybridized carbons (Fsp3) is 0.904. The zero-order valence-corrected chi connectivity index (χ0v) is 62.0. The molecule has 0 aromatic rings. The van der Waals surface area contributed by atoms with E-state index in [1.54, 1.807) is 6.08 Å². The summed E-state index contributed by atoms with van der Waals surface area (Å²) >= 11 is 0. The molecule has 6 N–H and O–H groups in total. The lowest BCUT2D eigenvalue weighted by Crippen LogP contribution is -2.60. The predicted octanol–water partition coefficient (Wildman–Crippen LogP) is 22.5. The van der Waals surface area contributed by atoms with Crippen LogP contribution in [0.1, 0.15) is 418 Å². The number of unbranched alkanes of at least 4 members (excludes halogenated alkanes) is 56. The lowest BCUT2D eigenvalue weighted by Gasteiger charge is -2.40.